The minimum atomic E-state index is -1.06. The predicted molar refractivity (Wildman–Crippen MR) is 102 cm³/mol. The lowest BCUT2D eigenvalue weighted by Crippen LogP contribution is -2.00. The Labute approximate surface area is 157 Å². The largest absolute Gasteiger partial charge is 0.490 e. The van der Waals surface area contributed by atoms with Crippen molar-refractivity contribution in [3.8, 4) is 28.0 Å². The summed E-state index contributed by atoms with van der Waals surface area (Å²) in [6.45, 7) is 4.23. The average Bonchev–Trinajstić information content (AvgIpc) is 2.69. The Hall–Kier alpha value is -2.75. The Balaban J connectivity index is 1.94. The number of benzene rings is 3. The maximum atomic E-state index is 14.6. The molecule has 3 rings (SSSR count). The minimum Gasteiger partial charge on any atom is -0.490 e. The van der Waals surface area contributed by atoms with E-state index >= 15 is 0 Å². The second kappa shape index (κ2) is 8.30. The molecule has 0 aromatic heterocycles. The predicted octanol–water partition coefficient (Wildman–Crippen LogP) is 6.79. The average molecular weight is 370 g/mol. The number of rotatable bonds is 6. The molecule has 1 nitrogen and oxygen atoms in total. The lowest BCUT2D eigenvalue weighted by Gasteiger charge is -2.11. The standard InChI is InChI=1S/C23H21F3O/c1-3-13-27-21-12-11-19(22(25)23(21)26)17-9-10-18(20(24)14-17)16-7-5-15(4-2)6-8-16/h5-12,14H,3-4,13H2,1-2H3. The molecule has 0 saturated heterocycles. The highest BCUT2D eigenvalue weighted by atomic mass is 19.2. The van der Waals surface area contributed by atoms with E-state index in [1.807, 2.05) is 31.2 Å². The van der Waals surface area contributed by atoms with Gasteiger partial charge >= 0.3 is 0 Å². The number of hydrogen-bond acceptors (Lipinski definition) is 1. The van der Waals surface area contributed by atoms with Gasteiger partial charge in [-0.25, -0.2) is 8.78 Å². The number of halogens is 3. The zero-order chi connectivity index (χ0) is 19.4. The second-order valence-corrected chi connectivity index (χ2v) is 6.33. The van der Waals surface area contributed by atoms with Gasteiger partial charge in [-0.05, 0) is 47.7 Å². The van der Waals surface area contributed by atoms with Gasteiger partial charge in [-0.3, -0.25) is 0 Å². The molecule has 0 aliphatic carbocycles. The molecule has 0 fully saturated rings. The molecule has 3 aromatic rings. The highest BCUT2D eigenvalue weighted by Gasteiger charge is 2.17. The van der Waals surface area contributed by atoms with Crippen LogP contribution in [-0.4, -0.2) is 6.61 Å². The van der Waals surface area contributed by atoms with E-state index in [9.17, 15) is 13.2 Å². The summed E-state index contributed by atoms with van der Waals surface area (Å²) in [6.07, 6.45) is 1.60. The molecule has 0 amide bonds. The summed E-state index contributed by atoms with van der Waals surface area (Å²) < 4.78 is 48.5. The van der Waals surface area contributed by atoms with E-state index in [-0.39, 0.29) is 16.9 Å². The topological polar surface area (TPSA) is 9.23 Å². The third-order valence-electron chi connectivity index (χ3n) is 4.46. The third kappa shape index (κ3) is 4.00. The Bertz CT molecular complexity index is 933. The van der Waals surface area contributed by atoms with Gasteiger partial charge in [0.25, 0.3) is 0 Å². The van der Waals surface area contributed by atoms with Crippen LogP contribution >= 0.6 is 0 Å². The molecular formula is C23H21F3O. The molecule has 27 heavy (non-hydrogen) atoms. The zero-order valence-electron chi connectivity index (χ0n) is 15.4. The van der Waals surface area contributed by atoms with Gasteiger partial charge in [0.1, 0.15) is 5.82 Å². The summed E-state index contributed by atoms with van der Waals surface area (Å²) >= 11 is 0. The van der Waals surface area contributed by atoms with Crippen molar-refractivity contribution in [2.75, 3.05) is 6.61 Å². The van der Waals surface area contributed by atoms with Crippen LogP contribution in [0.15, 0.2) is 54.6 Å². The lowest BCUT2D eigenvalue weighted by molar-refractivity contribution is 0.295. The molecule has 0 aliphatic heterocycles. The fourth-order valence-corrected chi connectivity index (χ4v) is 2.91. The van der Waals surface area contributed by atoms with Crippen molar-refractivity contribution in [1.29, 1.82) is 0 Å². The van der Waals surface area contributed by atoms with E-state index < -0.39 is 17.5 Å². The van der Waals surface area contributed by atoms with Crippen LogP contribution in [0.3, 0.4) is 0 Å². The molecule has 0 atom stereocenters. The van der Waals surface area contributed by atoms with Crippen LogP contribution in [0.4, 0.5) is 13.2 Å². The Morgan fingerprint density at radius 1 is 0.741 bits per heavy atom. The molecule has 0 spiro atoms. The molecule has 140 valence electrons. The zero-order valence-corrected chi connectivity index (χ0v) is 15.4. The number of hydrogen-bond donors (Lipinski definition) is 0. The van der Waals surface area contributed by atoms with Crippen LogP contribution in [0.1, 0.15) is 25.8 Å². The molecule has 0 radical (unpaired) electrons. The van der Waals surface area contributed by atoms with E-state index in [0.717, 1.165) is 12.0 Å². The fourth-order valence-electron chi connectivity index (χ4n) is 2.91. The summed E-state index contributed by atoms with van der Waals surface area (Å²) in [4.78, 5) is 0. The molecule has 4 heteroatoms. The van der Waals surface area contributed by atoms with Gasteiger partial charge < -0.3 is 4.74 Å². The van der Waals surface area contributed by atoms with Crippen molar-refractivity contribution in [2.24, 2.45) is 0 Å². The number of aryl methyl sites for hydroxylation is 1. The van der Waals surface area contributed by atoms with Gasteiger partial charge in [-0.2, -0.15) is 4.39 Å². The maximum Gasteiger partial charge on any atom is 0.201 e. The normalized spacial score (nSPS) is 10.9. The summed E-state index contributed by atoms with van der Waals surface area (Å²) in [5.74, 6) is -2.71. The van der Waals surface area contributed by atoms with E-state index in [0.29, 0.717) is 18.6 Å². The summed E-state index contributed by atoms with van der Waals surface area (Å²) in [6, 6.07) is 14.8. The monoisotopic (exact) mass is 370 g/mol. The number of ether oxygens (including phenoxy) is 1. The molecule has 0 unspecified atom stereocenters. The molecule has 0 N–H and O–H groups in total. The maximum absolute atomic E-state index is 14.6. The van der Waals surface area contributed by atoms with E-state index in [4.69, 9.17) is 4.74 Å². The van der Waals surface area contributed by atoms with E-state index in [1.54, 1.807) is 12.1 Å². The molecular weight excluding hydrogens is 349 g/mol. The molecule has 0 aliphatic rings. The first-order valence-corrected chi connectivity index (χ1v) is 9.05. The highest BCUT2D eigenvalue weighted by Crippen LogP contribution is 2.33. The molecule has 3 aromatic carbocycles. The van der Waals surface area contributed by atoms with Crippen molar-refractivity contribution < 1.29 is 17.9 Å². The van der Waals surface area contributed by atoms with Gasteiger partial charge in [0, 0.05) is 11.1 Å². The summed E-state index contributed by atoms with van der Waals surface area (Å²) in [7, 11) is 0. The van der Waals surface area contributed by atoms with Crippen LogP contribution in [0.25, 0.3) is 22.3 Å². The molecule has 0 saturated carbocycles. The van der Waals surface area contributed by atoms with Gasteiger partial charge in [0.2, 0.25) is 5.82 Å². The molecule has 0 heterocycles. The smallest absolute Gasteiger partial charge is 0.201 e. The van der Waals surface area contributed by atoms with Crippen LogP contribution < -0.4 is 4.74 Å². The third-order valence-corrected chi connectivity index (χ3v) is 4.46. The first-order chi connectivity index (χ1) is 13.0. The van der Waals surface area contributed by atoms with Gasteiger partial charge in [-0.15, -0.1) is 0 Å². The van der Waals surface area contributed by atoms with Crippen LogP contribution in [-0.2, 0) is 6.42 Å². The molecule has 0 bridgehead atoms. The van der Waals surface area contributed by atoms with Crippen molar-refractivity contribution in [1.82, 2.24) is 0 Å². The van der Waals surface area contributed by atoms with Crippen molar-refractivity contribution in [3.63, 3.8) is 0 Å². The fraction of sp³-hybridized carbons (Fsp3) is 0.217. The van der Waals surface area contributed by atoms with Crippen LogP contribution in [0.5, 0.6) is 5.75 Å². The van der Waals surface area contributed by atoms with E-state index in [1.165, 1.54) is 23.8 Å². The van der Waals surface area contributed by atoms with Gasteiger partial charge in [0.15, 0.2) is 11.6 Å². The Morgan fingerprint density at radius 2 is 1.41 bits per heavy atom. The van der Waals surface area contributed by atoms with Crippen LogP contribution in [0.2, 0.25) is 0 Å². The Kier molecular flexibility index (Phi) is 5.84. The van der Waals surface area contributed by atoms with Gasteiger partial charge in [-0.1, -0.05) is 50.2 Å². The second-order valence-electron chi connectivity index (χ2n) is 6.33. The Morgan fingerprint density at radius 3 is 2.04 bits per heavy atom. The minimum absolute atomic E-state index is 0.00290. The first kappa shape index (κ1) is 19.0. The van der Waals surface area contributed by atoms with Crippen molar-refractivity contribution in [2.45, 2.75) is 26.7 Å². The van der Waals surface area contributed by atoms with Gasteiger partial charge in [0.05, 0.1) is 6.61 Å². The first-order valence-electron chi connectivity index (χ1n) is 9.05. The SMILES string of the molecule is CCCOc1ccc(-c2ccc(-c3ccc(CC)cc3)c(F)c2)c(F)c1F. The summed E-state index contributed by atoms with van der Waals surface area (Å²) in [5, 5.41) is 0. The van der Waals surface area contributed by atoms with Crippen molar-refractivity contribution >= 4 is 0 Å². The lowest BCUT2D eigenvalue weighted by atomic mass is 9.98. The van der Waals surface area contributed by atoms with Crippen molar-refractivity contribution in [3.05, 3.63) is 77.6 Å². The summed E-state index contributed by atoms with van der Waals surface area (Å²) in [5.41, 5.74) is 2.61. The quantitative estimate of drug-likeness (QED) is 0.464. The van der Waals surface area contributed by atoms with E-state index in [2.05, 4.69) is 6.92 Å². The highest BCUT2D eigenvalue weighted by molar-refractivity contribution is 5.72. The van der Waals surface area contributed by atoms with Crippen LogP contribution in [0, 0.1) is 17.5 Å².